The number of amidine groups is 1. The number of aromatic nitrogens is 1. The summed E-state index contributed by atoms with van der Waals surface area (Å²) in [4.78, 5) is 14.3. The van der Waals surface area contributed by atoms with Crippen LogP contribution in [0.15, 0.2) is 40.2 Å². The molecular formula is C19H9F5N4O2. The van der Waals surface area contributed by atoms with E-state index in [1.54, 1.807) is 30.3 Å². The van der Waals surface area contributed by atoms with Crippen molar-refractivity contribution in [1.82, 2.24) is 4.98 Å². The Morgan fingerprint density at radius 1 is 0.967 bits per heavy atom. The monoisotopic (exact) mass is 420 g/mol. The summed E-state index contributed by atoms with van der Waals surface area (Å²) in [5.41, 5.74) is -2.38. The molecule has 11 heteroatoms. The van der Waals surface area contributed by atoms with Gasteiger partial charge >= 0.3 is 0 Å². The number of aromatic hydroxyl groups is 1. The quantitative estimate of drug-likeness (QED) is 0.336. The van der Waals surface area contributed by atoms with Crippen LogP contribution in [0.5, 0.6) is 5.88 Å². The Labute approximate surface area is 163 Å². The number of hydrogen-bond donors (Lipinski definition) is 3. The van der Waals surface area contributed by atoms with Gasteiger partial charge in [-0.15, -0.1) is 0 Å². The lowest BCUT2D eigenvalue weighted by atomic mass is 10.1. The van der Waals surface area contributed by atoms with Crippen molar-refractivity contribution in [2.75, 3.05) is 5.01 Å². The number of benzene rings is 2. The molecule has 1 aromatic heterocycles. The van der Waals surface area contributed by atoms with E-state index in [9.17, 15) is 31.9 Å². The molecule has 0 saturated heterocycles. The van der Waals surface area contributed by atoms with Gasteiger partial charge in [0, 0.05) is 0 Å². The van der Waals surface area contributed by atoms with Crippen LogP contribution in [0, 0.1) is 34.5 Å². The highest BCUT2D eigenvalue weighted by molar-refractivity contribution is 6.10. The molecule has 1 aliphatic rings. The lowest BCUT2D eigenvalue weighted by Gasteiger charge is -2.13. The average Bonchev–Trinajstić information content (AvgIpc) is 3.08. The second-order valence-corrected chi connectivity index (χ2v) is 6.16. The molecule has 0 bridgehead atoms. The van der Waals surface area contributed by atoms with E-state index in [2.05, 4.69) is 5.10 Å². The molecule has 4 rings (SSSR count). The van der Waals surface area contributed by atoms with Gasteiger partial charge in [-0.05, 0) is 18.2 Å². The Bertz CT molecular complexity index is 1370. The smallest absolute Gasteiger partial charge is 0.260 e. The van der Waals surface area contributed by atoms with Crippen LogP contribution in [0.2, 0.25) is 0 Å². The predicted octanol–water partition coefficient (Wildman–Crippen LogP) is 1.98. The van der Waals surface area contributed by atoms with Gasteiger partial charge in [0.1, 0.15) is 10.9 Å². The molecule has 6 nitrogen and oxygen atoms in total. The Balaban J connectivity index is 2.07. The molecule has 2 aromatic carbocycles. The topological polar surface area (TPSA) is 92.5 Å². The van der Waals surface area contributed by atoms with Crippen molar-refractivity contribution in [2.24, 2.45) is 5.10 Å². The SMILES string of the molecule is N=C1c2c(O)[nH]c(=O)/c(=C/c3c(F)c(F)c(F)c(F)c3F)c2=NN1c1ccccc1. The fourth-order valence-corrected chi connectivity index (χ4v) is 2.96. The first-order valence-corrected chi connectivity index (χ1v) is 8.23. The third-order valence-electron chi connectivity index (χ3n) is 4.39. The molecule has 3 aromatic rings. The number of halogens is 5. The van der Waals surface area contributed by atoms with Gasteiger partial charge in [-0.1, -0.05) is 18.2 Å². The zero-order valence-electron chi connectivity index (χ0n) is 14.6. The van der Waals surface area contributed by atoms with E-state index in [1.807, 2.05) is 4.98 Å². The minimum atomic E-state index is -2.34. The number of aromatic amines is 1. The van der Waals surface area contributed by atoms with E-state index in [0.29, 0.717) is 11.8 Å². The van der Waals surface area contributed by atoms with Crippen LogP contribution >= 0.6 is 0 Å². The lowest BCUT2D eigenvalue weighted by Crippen LogP contribution is -2.42. The molecule has 0 aliphatic carbocycles. The van der Waals surface area contributed by atoms with Gasteiger partial charge in [0.2, 0.25) is 11.7 Å². The summed E-state index contributed by atoms with van der Waals surface area (Å²) < 4.78 is 68.5. The second kappa shape index (κ2) is 6.79. The van der Waals surface area contributed by atoms with Crippen molar-refractivity contribution in [3.8, 4) is 5.88 Å². The van der Waals surface area contributed by atoms with Crippen LogP contribution in [0.25, 0.3) is 6.08 Å². The van der Waals surface area contributed by atoms with Crippen molar-refractivity contribution in [1.29, 1.82) is 5.41 Å². The zero-order valence-corrected chi connectivity index (χ0v) is 14.6. The molecule has 3 N–H and O–H groups in total. The van der Waals surface area contributed by atoms with Gasteiger partial charge in [0.25, 0.3) is 5.56 Å². The molecule has 152 valence electrons. The summed E-state index contributed by atoms with van der Waals surface area (Å²) in [6.45, 7) is 0. The van der Waals surface area contributed by atoms with E-state index >= 15 is 0 Å². The summed E-state index contributed by atoms with van der Waals surface area (Å²) in [5, 5.41) is 22.4. The maximum absolute atomic E-state index is 14.1. The Kier molecular flexibility index (Phi) is 4.37. The molecule has 0 spiro atoms. The summed E-state index contributed by atoms with van der Waals surface area (Å²) in [6.07, 6.45) is 0.429. The van der Waals surface area contributed by atoms with Crippen molar-refractivity contribution in [3.05, 3.63) is 91.5 Å². The summed E-state index contributed by atoms with van der Waals surface area (Å²) in [5.74, 6) is -12.1. The maximum Gasteiger partial charge on any atom is 0.260 e. The Hall–Kier alpha value is -4.02. The average molecular weight is 420 g/mol. The van der Waals surface area contributed by atoms with Crippen molar-refractivity contribution < 1.29 is 27.1 Å². The van der Waals surface area contributed by atoms with Gasteiger partial charge in [0.05, 0.1) is 16.5 Å². The van der Waals surface area contributed by atoms with E-state index in [1.165, 1.54) is 0 Å². The largest absolute Gasteiger partial charge is 0.494 e. The number of anilines is 1. The summed E-state index contributed by atoms with van der Waals surface area (Å²) in [6, 6.07) is 8.09. The summed E-state index contributed by atoms with van der Waals surface area (Å²) in [7, 11) is 0. The molecule has 0 atom stereocenters. The number of nitrogens with one attached hydrogen (secondary N) is 2. The molecule has 0 unspecified atom stereocenters. The Morgan fingerprint density at radius 2 is 1.53 bits per heavy atom. The predicted molar refractivity (Wildman–Crippen MR) is 95.1 cm³/mol. The second-order valence-electron chi connectivity index (χ2n) is 6.16. The highest BCUT2D eigenvalue weighted by Gasteiger charge is 2.28. The molecule has 30 heavy (non-hydrogen) atoms. The van der Waals surface area contributed by atoms with E-state index < -0.39 is 51.3 Å². The number of nitrogens with zero attached hydrogens (tertiary/aromatic N) is 2. The van der Waals surface area contributed by atoms with Crippen LogP contribution in [-0.4, -0.2) is 15.9 Å². The van der Waals surface area contributed by atoms with Crippen molar-refractivity contribution >= 4 is 17.6 Å². The van der Waals surface area contributed by atoms with Crippen LogP contribution in [0.1, 0.15) is 11.1 Å². The van der Waals surface area contributed by atoms with Gasteiger partial charge in [0.15, 0.2) is 29.1 Å². The number of pyridine rings is 1. The van der Waals surface area contributed by atoms with Crippen LogP contribution in [-0.2, 0) is 0 Å². The fourth-order valence-electron chi connectivity index (χ4n) is 2.96. The molecule has 1 aliphatic heterocycles. The van der Waals surface area contributed by atoms with E-state index in [-0.39, 0.29) is 16.8 Å². The number of H-pyrrole nitrogens is 1. The number of fused-ring (bicyclic) bond motifs is 1. The van der Waals surface area contributed by atoms with Gasteiger partial charge in [-0.2, -0.15) is 5.10 Å². The standard InChI is InChI=1S/C19H9F5N4O2/c20-11-8(12(21)14(23)15(24)13(11)22)6-9-16-10(19(30)26-18(9)29)17(25)28(27-16)7-4-2-1-3-5-7/h1-6,25,30H,(H,26,29)/b9-6+,25-17?. The molecule has 0 fully saturated rings. The third kappa shape index (κ3) is 2.74. The minimum absolute atomic E-state index is 0.284. The van der Waals surface area contributed by atoms with Crippen LogP contribution in [0.4, 0.5) is 27.6 Å². The van der Waals surface area contributed by atoms with E-state index in [4.69, 9.17) is 5.41 Å². The fraction of sp³-hybridized carbons (Fsp3) is 0. The highest BCUT2D eigenvalue weighted by atomic mass is 19.2. The number of rotatable bonds is 2. The number of hydrogen-bond acceptors (Lipinski definition) is 4. The van der Waals surface area contributed by atoms with Crippen molar-refractivity contribution in [2.45, 2.75) is 0 Å². The molecule has 0 saturated carbocycles. The first-order chi connectivity index (χ1) is 14.2. The van der Waals surface area contributed by atoms with Gasteiger partial charge in [-0.25, -0.2) is 27.0 Å². The molecule has 0 amide bonds. The maximum atomic E-state index is 14.1. The first kappa shape index (κ1) is 19.3. The van der Waals surface area contributed by atoms with Crippen molar-refractivity contribution in [3.63, 3.8) is 0 Å². The lowest BCUT2D eigenvalue weighted by molar-refractivity contribution is 0.377. The zero-order chi connectivity index (χ0) is 21.7. The highest BCUT2D eigenvalue weighted by Crippen LogP contribution is 2.24. The minimum Gasteiger partial charge on any atom is -0.494 e. The Morgan fingerprint density at radius 3 is 2.13 bits per heavy atom. The third-order valence-corrected chi connectivity index (χ3v) is 4.39. The normalized spacial score (nSPS) is 13.6. The van der Waals surface area contributed by atoms with Crippen LogP contribution in [0.3, 0.4) is 0 Å². The molecule has 2 heterocycles. The van der Waals surface area contributed by atoms with E-state index in [0.717, 1.165) is 5.01 Å². The number of para-hydroxylation sites is 1. The van der Waals surface area contributed by atoms with Crippen LogP contribution < -0.4 is 21.1 Å². The first-order valence-electron chi connectivity index (χ1n) is 8.23. The molecule has 0 radical (unpaired) electrons. The summed E-state index contributed by atoms with van der Waals surface area (Å²) >= 11 is 0. The molecular weight excluding hydrogens is 411 g/mol. The van der Waals surface area contributed by atoms with Gasteiger partial charge < -0.3 is 5.11 Å². The van der Waals surface area contributed by atoms with Gasteiger partial charge in [-0.3, -0.25) is 15.2 Å².